The predicted octanol–water partition coefficient (Wildman–Crippen LogP) is 2.41. The number of fused-ring (bicyclic) bond motifs is 2. The van der Waals surface area contributed by atoms with Crippen molar-refractivity contribution >= 4 is 18.8 Å². The second kappa shape index (κ2) is 8.42. The van der Waals surface area contributed by atoms with Crippen LogP contribution in [0.1, 0.15) is 26.0 Å². The lowest BCUT2D eigenvalue weighted by molar-refractivity contribution is -0.314. The molecule has 0 amide bonds. The summed E-state index contributed by atoms with van der Waals surface area (Å²) in [5, 5.41) is 9.96. The molecule has 1 aromatic heterocycles. The van der Waals surface area contributed by atoms with E-state index in [0.717, 1.165) is 17.7 Å². The third-order valence-electron chi connectivity index (χ3n) is 5.22. The summed E-state index contributed by atoms with van der Waals surface area (Å²) in [6.07, 6.45) is 13.1. The van der Waals surface area contributed by atoms with Crippen molar-refractivity contribution in [3.8, 4) is 0 Å². The lowest BCUT2D eigenvalue weighted by atomic mass is 9.93. The first-order valence-corrected chi connectivity index (χ1v) is 9.48. The van der Waals surface area contributed by atoms with Gasteiger partial charge >= 0.3 is 7.55 Å². The van der Waals surface area contributed by atoms with Gasteiger partial charge in [0, 0.05) is 41.7 Å². The number of nitrogens with two attached hydrogens (primary N) is 1. The highest BCUT2D eigenvalue weighted by Crippen LogP contribution is 2.33. The second-order valence-electron chi connectivity index (χ2n) is 7.11. The van der Waals surface area contributed by atoms with Gasteiger partial charge in [0.1, 0.15) is 0 Å². The van der Waals surface area contributed by atoms with Crippen LogP contribution in [0.4, 0.5) is 0 Å². The highest BCUT2D eigenvalue weighted by Gasteiger charge is 2.30. The topological polar surface area (TPSA) is 63.4 Å². The molecular formula is C21H28BN3O2. The highest BCUT2D eigenvalue weighted by atomic mass is 16.5. The van der Waals surface area contributed by atoms with Gasteiger partial charge in [0.15, 0.2) is 11.4 Å². The Kier molecular flexibility index (Phi) is 5.99. The maximum atomic E-state index is 9.96. The SMILES string of the molecule is COC\C=C/C(/C=C/C1=[N+]2[BH2-]n3cccc3C(CCN)=C2C(C)=C1)=C(\C)O. The highest BCUT2D eigenvalue weighted by molar-refractivity contribution is 6.29. The first-order valence-electron chi connectivity index (χ1n) is 9.48. The molecule has 0 bridgehead atoms. The maximum absolute atomic E-state index is 9.96. The van der Waals surface area contributed by atoms with Crippen LogP contribution >= 0.6 is 0 Å². The Hall–Kier alpha value is -2.57. The molecule has 0 fully saturated rings. The van der Waals surface area contributed by atoms with Crippen LogP contribution < -0.4 is 5.73 Å². The summed E-state index contributed by atoms with van der Waals surface area (Å²) in [5.74, 6) is 0.292. The molecule has 27 heavy (non-hydrogen) atoms. The molecule has 0 saturated heterocycles. The fraction of sp³-hybridized carbons (Fsp3) is 0.286. The zero-order valence-corrected chi connectivity index (χ0v) is 16.6. The van der Waals surface area contributed by atoms with Crippen LogP contribution in [0.2, 0.25) is 0 Å². The van der Waals surface area contributed by atoms with Crippen molar-refractivity contribution in [1.29, 1.82) is 0 Å². The van der Waals surface area contributed by atoms with Gasteiger partial charge < -0.3 is 24.5 Å². The van der Waals surface area contributed by atoms with Gasteiger partial charge in [-0.3, -0.25) is 0 Å². The summed E-state index contributed by atoms with van der Waals surface area (Å²) < 4.78 is 9.86. The smallest absolute Gasteiger partial charge is 0.353 e. The normalized spacial score (nSPS) is 17.7. The lowest BCUT2D eigenvalue weighted by Crippen LogP contribution is -2.31. The van der Waals surface area contributed by atoms with E-state index in [1.807, 2.05) is 18.2 Å². The third kappa shape index (κ3) is 3.92. The average molecular weight is 365 g/mol. The molecule has 0 atom stereocenters. The predicted molar refractivity (Wildman–Crippen MR) is 113 cm³/mol. The first kappa shape index (κ1) is 19.2. The molecule has 0 unspecified atom stereocenters. The molecule has 3 N–H and O–H groups in total. The number of nitrogens with zero attached hydrogens (tertiary/aromatic N) is 2. The average Bonchev–Trinajstić information content (AvgIpc) is 3.22. The molecule has 142 valence electrons. The van der Waals surface area contributed by atoms with E-state index >= 15 is 0 Å². The number of hydrogen-bond acceptors (Lipinski definition) is 3. The Morgan fingerprint density at radius 1 is 1.41 bits per heavy atom. The van der Waals surface area contributed by atoms with Crippen LogP contribution in [0.15, 0.2) is 71.3 Å². The number of allylic oxidation sites excluding steroid dienone is 7. The van der Waals surface area contributed by atoms with Gasteiger partial charge in [-0.05, 0) is 51.2 Å². The van der Waals surface area contributed by atoms with E-state index in [-0.39, 0.29) is 0 Å². The summed E-state index contributed by atoms with van der Waals surface area (Å²) in [6.45, 7) is 5.02. The molecule has 2 aliphatic heterocycles. The number of aliphatic hydroxyl groups is 1. The summed E-state index contributed by atoms with van der Waals surface area (Å²) >= 11 is 0. The van der Waals surface area contributed by atoms with E-state index in [0.29, 0.717) is 18.9 Å². The van der Waals surface area contributed by atoms with E-state index in [2.05, 4.69) is 46.4 Å². The standard InChI is InChI=1S/C21H28BN3O2/c1-15-14-18(9-8-17(16(2)26)6-5-13-27-3)25-21(15)19(10-11-23)20-7-4-12-24(20)22-25/h4-9,12,14,26H,10-11,13,22-23H2,1-3H3/b6-5-,9-8+,17-16-. The summed E-state index contributed by atoms with van der Waals surface area (Å²) in [7, 11) is 1.11. The van der Waals surface area contributed by atoms with Gasteiger partial charge in [-0.15, -0.1) is 0 Å². The maximum Gasteiger partial charge on any atom is 0.353 e. The Balaban J connectivity index is 2.00. The van der Waals surface area contributed by atoms with Crippen LogP contribution in [-0.2, 0) is 4.74 Å². The van der Waals surface area contributed by atoms with Gasteiger partial charge in [0.05, 0.1) is 12.4 Å². The monoisotopic (exact) mass is 365 g/mol. The van der Waals surface area contributed by atoms with Crippen molar-refractivity contribution in [2.45, 2.75) is 20.3 Å². The number of aliphatic hydroxyl groups excluding tert-OH is 1. The lowest BCUT2D eigenvalue weighted by Gasteiger charge is -2.26. The van der Waals surface area contributed by atoms with Crippen molar-refractivity contribution in [1.82, 2.24) is 4.48 Å². The van der Waals surface area contributed by atoms with Crippen molar-refractivity contribution in [3.63, 3.8) is 0 Å². The van der Waals surface area contributed by atoms with Crippen LogP contribution in [0.5, 0.6) is 0 Å². The molecule has 3 heterocycles. The second-order valence-corrected chi connectivity index (χ2v) is 7.11. The molecule has 0 saturated carbocycles. The Morgan fingerprint density at radius 2 is 2.22 bits per heavy atom. The number of ether oxygens (including phenoxy) is 1. The molecule has 6 heteroatoms. The summed E-state index contributed by atoms with van der Waals surface area (Å²) in [5.41, 5.74) is 13.1. The largest absolute Gasteiger partial charge is 0.512 e. The number of methoxy groups -OCH3 is 1. The van der Waals surface area contributed by atoms with Crippen molar-refractivity contribution in [2.75, 3.05) is 20.3 Å². The quantitative estimate of drug-likeness (QED) is 0.443. The van der Waals surface area contributed by atoms with Gasteiger partial charge in [0.25, 0.3) is 0 Å². The van der Waals surface area contributed by atoms with Crippen LogP contribution in [0.3, 0.4) is 0 Å². The Labute approximate surface area is 161 Å². The summed E-state index contributed by atoms with van der Waals surface area (Å²) in [6, 6.07) is 4.31. The van der Waals surface area contributed by atoms with Crippen molar-refractivity contribution in [2.24, 2.45) is 5.73 Å². The van der Waals surface area contributed by atoms with Crippen LogP contribution in [0.25, 0.3) is 5.57 Å². The first-order chi connectivity index (χ1) is 13.1. The zero-order chi connectivity index (χ0) is 19.4. The molecule has 0 aromatic carbocycles. The minimum Gasteiger partial charge on any atom is -0.512 e. The minimum absolute atomic E-state index is 0.292. The van der Waals surface area contributed by atoms with Crippen molar-refractivity contribution in [3.05, 3.63) is 77.0 Å². The van der Waals surface area contributed by atoms with E-state index in [4.69, 9.17) is 10.5 Å². The third-order valence-corrected chi connectivity index (χ3v) is 5.22. The number of rotatable bonds is 7. The van der Waals surface area contributed by atoms with Gasteiger partial charge in [-0.25, -0.2) is 0 Å². The van der Waals surface area contributed by atoms with E-state index in [9.17, 15) is 5.11 Å². The molecule has 0 aliphatic carbocycles. The number of aromatic nitrogens is 1. The van der Waals surface area contributed by atoms with Gasteiger partial charge in [0.2, 0.25) is 0 Å². The molecule has 0 spiro atoms. The molecule has 3 rings (SSSR count). The Morgan fingerprint density at radius 3 is 2.93 bits per heavy atom. The molecular weight excluding hydrogens is 337 g/mol. The van der Waals surface area contributed by atoms with Gasteiger partial charge in [-0.2, -0.15) is 0 Å². The molecule has 1 aromatic rings. The fourth-order valence-electron chi connectivity index (χ4n) is 4.02. The van der Waals surface area contributed by atoms with Gasteiger partial charge in [-0.1, -0.05) is 12.2 Å². The fourth-order valence-corrected chi connectivity index (χ4v) is 4.02. The van der Waals surface area contributed by atoms with Crippen LogP contribution in [-0.4, -0.2) is 47.6 Å². The molecule has 5 nitrogen and oxygen atoms in total. The molecule has 0 radical (unpaired) electrons. The Bertz CT molecular complexity index is 910. The van der Waals surface area contributed by atoms with E-state index in [1.54, 1.807) is 14.0 Å². The van der Waals surface area contributed by atoms with E-state index in [1.165, 1.54) is 22.5 Å². The van der Waals surface area contributed by atoms with E-state index < -0.39 is 7.55 Å². The zero-order valence-electron chi connectivity index (χ0n) is 16.6. The molecule has 2 aliphatic rings. The van der Waals surface area contributed by atoms with Crippen LogP contribution in [0, 0.1) is 0 Å². The van der Waals surface area contributed by atoms with Crippen molar-refractivity contribution < 1.29 is 14.3 Å². The minimum atomic E-state index is -0.543. The summed E-state index contributed by atoms with van der Waals surface area (Å²) in [4.78, 5) is 0. The number of hydrogen-bond donors (Lipinski definition) is 2.